The highest BCUT2D eigenvalue weighted by molar-refractivity contribution is 9.10. The lowest BCUT2D eigenvalue weighted by Crippen LogP contribution is -2.54. The molecule has 0 fully saturated rings. The van der Waals surface area contributed by atoms with E-state index in [1.165, 1.54) is 0 Å². The molecule has 4 rings (SSSR count). The Morgan fingerprint density at radius 2 is 1.82 bits per heavy atom. The molecule has 1 aliphatic heterocycles. The van der Waals surface area contributed by atoms with Crippen LogP contribution in [0.2, 0.25) is 0 Å². The van der Waals surface area contributed by atoms with Gasteiger partial charge >= 0.3 is 0 Å². The van der Waals surface area contributed by atoms with Gasteiger partial charge in [-0.2, -0.15) is 0 Å². The summed E-state index contributed by atoms with van der Waals surface area (Å²) in [5.41, 5.74) is 7.17. The Labute approximate surface area is 239 Å². The molecule has 3 aromatic carbocycles. The fraction of sp³-hybridized carbons (Fsp3) is 0.310. The topological polar surface area (TPSA) is 92.2 Å². The number of carbonyl (C=O) groups is 1. The van der Waals surface area contributed by atoms with E-state index in [2.05, 4.69) is 42.7 Å². The minimum absolute atomic E-state index is 0.0783. The van der Waals surface area contributed by atoms with Crippen LogP contribution in [0.3, 0.4) is 0 Å². The highest BCUT2D eigenvalue weighted by atomic mass is 79.9. The number of benzene rings is 3. The van der Waals surface area contributed by atoms with Gasteiger partial charge in [0.05, 0.1) is 6.61 Å². The Hall–Kier alpha value is -2.72. The van der Waals surface area contributed by atoms with Gasteiger partial charge in [-0.1, -0.05) is 69.1 Å². The molecule has 0 aromatic heterocycles. The van der Waals surface area contributed by atoms with E-state index in [1.807, 2.05) is 79.7 Å². The van der Waals surface area contributed by atoms with Crippen molar-refractivity contribution < 1.29 is 19.4 Å². The van der Waals surface area contributed by atoms with Crippen molar-refractivity contribution in [3.05, 3.63) is 98.4 Å². The molecule has 0 aliphatic carbocycles. The van der Waals surface area contributed by atoms with Gasteiger partial charge in [-0.25, -0.2) is 10.4 Å². The number of hydrogen-bond acceptors (Lipinski definition) is 6. The number of carbonyl (C=O) groups excluding carboxylic acids is 1. The number of aliphatic hydroxyl groups excluding tert-OH is 1. The van der Waals surface area contributed by atoms with E-state index in [0.29, 0.717) is 37.6 Å². The zero-order valence-corrected chi connectivity index (χ0v) is 24.3. The van der Waals surface area contributed by atoms with Crippen LogP contribution in [-0.2, 0) is 16.0 Å². The molecule has 0 bridgehead atoms. The number of amides is 1. The predicted molar refractivity (Wildman–Crippen MR) is 155 cm³/mol. The third-order valence-electron chi connectivity index (χ3n) is 6.20. The molecule has 0 saturated carbocycles. The fourth-order valence-electron chi connectivity index (χ4n) is 4.23. The summed E-state index contributed by atoms with van der Waals surface area (Å²) in [5.74, 6) is 0.803. The first-order chi connectivity index (χ1) is 18.5. The van der Waals surface area contributed by atoms with Crippen molar-refractivity contribution in [3.8, 4) is 5.75 Å². The molecule has 2 atom stereocenters. The van der Waals surface area contributed by atoms with Crippen molar-refractivity contribution >= 4 is 43.7 Å². The largest absolute Gasteiger partial charge is 0.494 e. The minimum Gasteiger partial charge on any atom is -0.494 e. The van der Waals surface area contributed by atoms with Gasteiger partial charge in [0.15, 0.2) is 11.6 Å². The first-order valence-electron chi connectivity index (χ1n) is 12.6. The quantitative estimate of drug-likeness (QED) is 0.179. The van der Waals surface area contributed by atoms with Gasteiger partial charge in [0.1, 0.15) is 5.75 Å². The van der Waals surface area contributed by atoms with Gasteiger partial charge in [-0.15, -0.1) is 0 Å². The zero-order chi connectivity index (χ0) is 27.0. The van der Waals surface area contributed by atoms with Crippen molar-refractivity contribution in [1.29, 1.82) is 0 Å². The molecule has 3 aromatic rings. The maximum absolute atomic E-state index is 14.0. The summed E-state index contributed by atoms with van der Waals surface area (Å²) in [6, 6.07) is 23.0. The maximum Gasteiger partial charge on any atom is 0.266 e. The molecule has 0 unspecified atom stereocenters. The summed E-state index contributed by atoms with van der Waals surface area (Å²) < 4.78 is 14.0. The number of rotatable bonds is 12. The molecule has 200 valence electrons. The molecular weight excluding hydrogens is 614 g/mol. The van der Waals surface area contributed by atoms with E-state index < -0.39 is 11.6 Å². The van der Waals surface area contributed by atoms with Crippen LogP contribution < -0.4 is 15.6 Å². The number of hydrazine groups is 1. The molecule has 0 saturated heterocycles. The van der Waals surface area contributed by atoms with Crippen LogP contribution in [0.15, 0.2) is 86.7 Å². The Balaban J connectivity index is 1.76. The van der Waals surface area contributed by atoms with E-state index in [-0.39, 0.29) is 12.5 Å². The van der Waals surface area contributed by atoms with Gasteiger partial charge in [0.2, 0.25) is 5.90 Å². The molecule has 3 N–H and O–H groups in total. The summed E-state index contributed by atoms with van der Waals surface area (Å²) in [6.07, 6.45) is 1.08. The molecule has 1 heterocycles. The van der Waals surface area contributed by atoms with E-state index in [0.717, 1.165) is 32.1 Å². The van der Waals surface area contributed by atoms with E-state index >= 15 is 0 Å². The number of nitrogens with one attached hydrogen (secondary N) is 2. The van der Waals surface area contributed by atoms with Crippen LogP contribution in [0.5, 0.6) is 5.75 Å². The molecule has 0 radical (unpaired) electrons. The van der Waals surface area contributed by atoms with E-state index in [1.54, 1.807) is 0 Å². The van der Waals surface area contributed by atoms with Crippen LogP contribution in [0.1, 0.15) is 42.6 Å². The molecule has 7 nitrogen and oxygen atoms in total. The summed E-state index contributed by atoms with van der Waals surface area (Å²) in [7, 11) is 0. The monoisotopic (exact) mass is 643 g/mol. The highest BCUT2D eigenvalue weighted by Gasteiger charge is 2.53. The van der Waals surface area contributed by atoms with Gasteiger partial charge in [-0.05, 0) is 60.0 Å². The third-order valence-corrected chi connectivity index (χ3v) is 7.50. The molecule has 1 aliphatic rings. The van der Waals surface area contributed by atoms with Crippen molar-refractivity contribution in [2.24, 2.45) is 4.99 Å². The predicted octanol–water partition coefficient (Wildman–Crippen LogP) is 5.50. The molecule has 0 spiro atoms. The Bertz CT molecular complexity index is 1250. The fourth-order valence-corrected chi connectivity index (χ4v) is 4.92. The Morgan fingerprint density at radius 3 is 2.50 bits per heavy atom. The lowest BCUT2D eigenvalue weighted by atomic mass is 9.82. The zero-order valence-electron chi connectivity index (χ0n) is 21.1. The minimum atomic E-state index is -1.27. The average molecular weight is 645 g/mol. The lowest BCUT2D eigenvalue weighted by molar-refractivity contribution is -0.130. The summed E-state index contributed by atoms with van der Waals surface area (Å²) in [5, 5.41) is 9.00. The number of halogens is 2. The lowest BCUT2D eigenvalue weighted by Gasteiger charge is -2.31. The number of aliphatic hydroxyl groups is 1. The number of hydrogen-bond donors (Lipinski definition) is 3. The summed E-state index contributed by atoms with van der Waals surface area (Å²) in [6.45, 7) is 3.18. The van der Waals surface area contributed by atoms with Gasteiger partial charge in [0, 0.05) is 40.5 Å². The number of aliphatic imine (C=N–C) groups is 1. The Morgan fingerprint density at radius 1 is 1.08 bits per heavy atom. The van der Waals surface area contributed by atoms with Crippen LogP contribution in [0.25, 0.3) is 0 Å². The van der Waals surface area contributed by atoms with Crippen LogP contribution >= 0.6 is 31.9 Å². The summed E-state index contributed by atoms with van der Waals surface area (Å²) >= 11 is 7.15. The third kappa shape index (κ3) is 6.64. The first kappa shape index (κ1) is 28.3. The second-order valence-corrected chi connectivity index (χ2v) is 10.8. The maximum atomic E-state index is 14.0. The van der Waals surface area contributed by atoms with Gasteiger partial charge < -0.3 is 14.6 Å². The molecule has 9 heteroatoms. The molecular formula is C29H31Br2N3O4. The summed E-state index contributed by atoms with van der Waals surface area (Å²) in [4.78, 5) is 19.0. The van der Waals surface area contributed by atoms with Crippen molar-refractivity contribution in [2.75, 3.05) is 19.8 Å². The molecule has 38 heavy (non-hydrogen) atoms. The molecule has 1 amide bonds. The second kappa shape index (κ2) is 13.4. The van der Waals surface area contributed by atoms with Crippen LogP contribution in [-0.4, -0.2) is 42.2 Å². The second-order valence-electron chi connectivity index (χ2n) is 8.99. The van der Waals surface area contributed by atoms with Crippen molar-refractivity contribution in [1.82, 2.24) is 10.9 Å². The van der Waals surface area contributed by atoms with Gasteiger partial charge in [0.25, 0.3) is 5.91 Å². The number of nitrogens with zero attached hydrogens (tertiary/aromatic N) is 1. The van der Waals surface area contributed by atoms with Crippen LogP contribution in [0.4, 0.5) is 0 Å². The first-order valence-corrected chi connectivity index (χ1v) is 14.2. The SMILES string of the molecule is CCCNNC(=O)[C@@]1(Cc2ccccc2Br)N=C(c2ccc(OCCCO)cc2)O[C@H]1c1ccc(Br)cc1. The van der Waals surface area contributed by atoms with E-state index in [4.69, 9.17) is 19.6 Å². The smallest absolute Gasteiger partial charge is 0.266 e. The van der Waals surface area contributed by atoms with Gasteiger partial charge in [-0.3, -0.25) is 10.2 Å². The van der Waals surface area contributed by atoms with Crippen molar-refractivity contribution in [2.45, 2.75) is 37.8 Å². The highest BCUT2D eigenvalue weighted by Crippen LogP contribution is 2.43. The standard InChI is InChI=1S/C29H31Br2N3O4/c1-2-16-32-34-28(36)29(19-22-6-3-4-7-25(22)31)26(20-8-12-23(30)13-9-20)38-27(33-29)21-10-14-24(15-11-21)37-18-5-17-35/h3-4,6-15,26,32,35H,2,5,16-19H2,1H3,(H,34,36)/t26-,29-/m0/s1. The average Bonchev–Trinajstić information content (AvgIpc) is 3.31. The number of ether oxygens (including phenoxy) is 2. The normalized spacial score (nSPS) is 18.5. The van der Waals surface area contributed by atoms with Crippen LogP contribution in [0, 0.1) is 0 Å². The Kier molecular flexibility index (Phi) is 9.96. The van der Waals surface area contributed by atoms with Crippen molar-refractivity contribution in [3.63, 3.8) is 0 Å². The van der Waals surface area contributed by atoms with E-state index in [9.17, 15) is 4.79 Å².